The molecule has 0 saturated heterocycles. The first-order chi connectivity index (χ1) is 6.33. The van der Waals surface area contributed by atoms with Gasteiger partial charge in [-0.1, -0.05) is 6.07 Å². The minimum atomic E-state index is 0.686. The third-order valence-corrected chi connectivity index (χ3v) is 1.80. The fourth-order valence-electron chi connectivity index (χ4n) is 0.908. The van der Waals surface area contributed by atoms with Crippen molar-refractivity contribution in [1.29, 1.82) is 0 Å². The lowest BCUT2D eigenvalue weighted by Gasteiger charge is -2.07. The van der Waals surface area contributed by atoms with Crippen LogP contribution in [-0.4, -0.2) is 16.6 Å². The largest absolute Gasteiger partial charge is 0.363 e. The van der Waals surface area contributed by atoms with Gasteiger partial charge in [0.05, 0.1) is 0 Å². The van der Waals surface area contributed by atoms with Crippen molar-refractivity contribution in [3.63, 3.8) is 0 Å². The van der Waals surface area contributed by atoms with Gasteiger partial charge in [0.1, 0.15) is 0 Å². The van der Waals surface area contributed by atoms with Crippen LogP contribution in [0.1, 0.15) is 12.5 Å². The molecule has 0 saturated carbocycles. The topological polar surface area (TPSA) is 37.0 Å². The fourth-order valence-corrected chi connectivity index (χ4v) is 1.12. The van der Waals surface area contributed by atoms with Crippen molar-refractivity contribution in [3.8, 4) is 0 Å². The molecule has 3 nitrogen and oxygen atoms in total. The molecule has 2 N–H and O–H groups in total. The lowest BCUT2D eigenvalue weighted by atomic mass is 10.3. The zero-order chi connectivity index (χ0) is 9.52. The standard InChI is InChI=1S/C9H13N3S/c1-2-11-9(13)12-7-8-4-3-5-10-6-8/h3-6H,2,7H2,1H3,(H2,11,12,13). The third-order valence-electron chi connectivity index (χ3n) is 1.51. The van der Waals surface area contributed by atoms with Gasteiger partial charge in [-0.15, -0.1) is 0 Å². The molecule has 13 heavy (non-hydrogen) atoms. The molecule has 0 amide bonds. The van der Waals surface area contributed by atoms with Crippen LogP contribution >= 0.6 is 12.2 Å². The number of hydrogen-bond acceptors (Lipinski definition) is 2. The monoisotopic (exact) mass is 195 g/mol. The highest BCUT2D eigenvalue weighted by molar-refractivity contribution is 7.80. The average Bonchev–Trinajstić information content (AvgIpc) is 2.17. The normalized spacial score (nSPS) is 9.31. The summed E-state index contributed by atoms with van der Waals surface area (Å²) in [5.74, 6) is 0. The number of nitrogens with zero attached hydrogens (tertiary/aromatic N) is 1. The second-order valence-corrected chi connectivity index (χ2v) is 2.98. The second kappa shape index (κ2) is 5.48. The van der Waals surface area contributed by atoms with Gasteiger partial charge in [-0.2, -0.15) is 0 Å². The summed E-state index contributed by atoms with van der Waals surface area (Å²) in [7, 11) is 0. The molecular weight excluding hydrogens is 182 g/mol. The van der Waals surface area contributed by atoms with Crippen molar-refractivity contribution in [1.82, 2.24) is 15.6 Å². The summed E-state index contributed by atoms with van der Waals surface area (Å²) < 4.78 is 0. The quantitative estimate of drug-likeness (QED) is 0.707. The first-order valence-corrected chi connectivity index (χ1v) is 4.64. The molecule has 0 radical (unpaired) electrons. The lowest BCUT2D eigenvalue weighted by Crippen LogP contribution is -2.34. The van der Waals surface area contributed by atoms with E-state index in [1.807, 2.05) is 25.3 Å². The van der Waals surface area contributed by atoms with E-state index in [4.69, 9.17) is 12.2 Å². The molecule has 0 aliphatic heterocycles. The molecular formula is C9H13N3S. The van der Waals surface area contributed by atoms with Gasteiger partial charge in [0.2, 0.25) is 0 Å². The number of rotatable bonds is 3. The number of aromatic nitrogens is 1. The van der Waals surface area contributed by atoms with Crippen LogP contribution < -0.4 is 10.6 Å². The second-order valence-electron chi connectivity index (χ2n) is 2.57. The Balaban J connectivity index is 2.31. The van der Waals surface area contributed by atoms with E-state index in [2.05, 4.69) is 15.6 Å². The maximum atomic E-state index is 5.01. The predicted molar refractivity (Wildman–Crippen MR) is 57.4 cm³/mol. The first-order valence-electron chi connectivity index (χ1n) is 4.23. The number of thiocarbonyl (C=S) groups is 1. The minimum absolute atomic E-state index is 0.686. The molecule has 0 aliphatic carbocycles. The van der Waals surface area contributed by atoms with Gasteiger partial charge >= 0.3 is 0 Å². The van der Waals surface area contributed by atoms with E-state index < -0.39 is 0 Å². The Labute approximate surface area is 83.6 Å². The molecule has 70 valence electrons. The first kappa shape index (κ1) is 9.92. The Morgan fingerprint density at radius 1 is 1.54 bits per heavy atom. The zero-order valence-corrected chi connectivity index (χ0v) is 8.40. The van der Waals surface area contributed by atoms with Crippen molar-refractivity contribution < 1.29 is 0 Å². The Bertz CT molecular complexity index is 261. The predicted octanol–water partition coefficient (Wildman–Crippen LogP) is 1.07. The van der Waals surface area contributed by atoms with Crippen LogP contribution in [0.25, 0.3) is 0 Å². The number of nitrogens with one attached hydrogen (secondary N) is 2. The van der Waals surface area contributed by atoms with Crippen molar-refractivity contribution in [3.05, 3.63) is 30.1 Å². The summed E-state index contributed by atoms with van der Waals surface area (Å²) in [6, 6.07) is 3.92. The Morgan fingerprint density at radius 2 is 2.38 bits per heavy atom. The molecule has 1 rings (SSSR count). The Morgan fingerprint density at radius 3 is 3.00 bits per heavy atom. The maximum Gasteiger partial charge on any atom is 0.166 e. The molecule has 1 aromatic heterocycles. The van der Waals surface area contributed by atoms with Crippen LogP contribution in [0.4, 0.5) is 0 Å². The average molecular weight is 195 g/mol. The number of pyridine rings is 1. The number of hydrogen-bond donors (Lipinski definition) is 2. The summed E-state index contributed by atoms with van der Waals surface area (Å²) in [5, 5.41) is 6.78. The van der Waals surface area contributed by atoms with E-state index in [9.17, 15) is 0 Å². The van der Waals surface area contributed by atoms with Gasteiger partial charge in [0.25, 0.3) is 0 Å². The fraction of sp³-hybridized carbons (Fsp3) is 0.333. The highest BCUT2D eigenvalue weighted by Crippen LogP contribution is 1.93. The van der Waals surface area contributed by atoms with Crippen molar-refractivity contribution in [2.45, 2.75) is 13.5 Å². The highest BCUT2D eigenvalue weighted by atomic mass is 32.1. The van der Waals surface area contributed by atoms with Crippen LogP contribution in [0.5, 0.6) is 0 Å². The van der Waals surface area contributed by atoms with Crippen molar-refractivity contribution in [2.24, 2.45) is 0 Å². The van der Waals surface area contributed by atoms with Crippen LogP contribution in [-0.2, 0) is 6.54 Å². The van der Waals surface area contributed by atoms with Crippen LogP contribution in [0, 0.1) is 0 Å². The van der Waals surface area contributed by atoms with Crippen LogP contribution in [0.15, 0.2) is 24.5 Å². The van der Waals surface area contributed by atoms with Gasteiger partial charge in [0, 0.05) is 25.5 Å². The zero-order valence-electron chi connectivity index (χ0n) is 7.58. The molecule has 1 heterocycles. The van der Waals surface area contributed by atoms with Gasteiger partial charge in [0.15, 0.2) is 5.11 Å². The maximum absolute atomic E-state index is 5.01. The minimum Gasteiger partial charge on any atom is -0.363 e. The van der Waals surface area contributed by atoms with Gasteiger partial charge in [-0.3, -0.25) is 4.98 Å². The molecule has 0 atom stereocenters. The van der Waals surface area contributed by atoms with Gasteiger partial charge in [-0.05, 0) is 30.8 Å². The van der Waals surface area contributed by atoms with Crippen LogP contribution in [0.3, 0.4) is 0 Å². The Hall–Kier alpha value is -1.16. The molecule has 4 heteroatoms. The Kier molecular flexibility index (Phi) is 4.18. The van der Waals surface area contributed by atoms with E-state index >= 15 is 0 Å². The molecule has 0 bridgehead atoms. The lowest BCUT2D eigenvalue weighted by molar-refractivity contribution is 0.851. The van der Waals surface area contributed by atoms with Crippen molar-refractivity contribution in [2.75, 3.05) is 6.54 Å². The summed E-state index contributed by atoms with van der Waals surface area (Å²) in [5.41, 5.74) is 1.13. The van der Waals surface area contributed by atoms with E-state index in [0.717, 1.165) is 18.7 Å². The summed E-state index contributed by atoms with van der Waals surface area (Å²) >= 11 is 5.01. The smallest absolute Gasteiger partial charge is 0.166 e. The third kappa shape index (κ3) is 3.85. The summed E-state index contributed by atoms with van der Waals surface area (Å²) in [4.78, 5) is 4.00. The summed E-state index contributed by atoms with van der Waals surface area (Å²) in [6.07, 6.45) is 3.58. The van der Waals surface area contributed by atoms with Crippen molar-refractivity contribution >= 4 is 17.3 Å². The van der Waals surface area contributed by atoms with E-state index in [1.165, 1.54) is 0 Å². The molecule has 0 unspecified atom stereocenters. The summed E-state index contributed by atoms with van der Waals surface area (Å²) in [6.45, 7) is 3.58. The SMILES string of the molecule is CCNC(=S)NCc1cccnc1. The molecule has 0 aromatic carbocycles. The molecule has 0 spiro atoms. The van der Waals surface area contributed by atoms with Crippen LogP contribution in [0.2, 0.25) is 0 Å². The molecule has 0 fully saturated rings. The van der Waals surface area contributed by atoms with E-state index in [0.29, 0.717) is 5.11 Å². The molecule has 0 aliphatic rings. The van der Waals surface area contributed by atoms with E-state index in [1.54, 1.807) is 6.20 Å². The molecule has 1 aromatic rings. The van der Waals surface area contributed by atoms with Gasteiger partial charge in [-0.25, -0.2) is 0 Å². The van der Waals surface area contributed by atoms with Gasteiger partial charge < -0.3 is 10.6 Å². The highest BCUT2D eigenvalue weighted by Gasteiger charge is 1.93. The van der Waals surface area contributed by atoms with E-state index in [-0.39, 0.29) is 0 Å².